The molecule has 10 heteroatoms. The average Bonchev–Trinajstić information content (AvgIpc) is 3.03. The number of carbonyl (C=O) groups is 2. The van der Waals surface area contributed by atoms with Crippen LogP contribution in [-0.2, 0) is 24.3 Å². The largest absolute Gasteiger partial charge is 0.406 e. The predicted molar refractivity (Wildman–Crippen MR) is 91.0 cm³/mol. The summed E-state index contributed by atoms with van der Waals surface area (Å²) in [4.78, 5) is 29.8. The fourth-order valence-corrected chi connectivity index (χ4v) is 3.00. The van der Waals surface area contributed by atoms with E-state index >= 15 is 0 Å². The summed E-state index contributed by atoms with van der Waals surface area (Å²) in [7, 11) is 1.63. The monoisotopic (exact) mass is 381 g/mol. The van der Waals surface area contributed by atoms with Gasteiger partial charge in [0.2, 0.25) is 5.91 Å². The second-order valence-electron chi connectivity index (χ2n) is 6.20. The third-order valence-electron chi connectivity index (χ3n) is 4.27. The van der Waals surface area contributed by atoms with E-state index in [0.717, 1.165) is 15.8 Å². The van der Waals surface area contributed by atoms with Crippen LogP contribution in [0.3, 0.4) is 0 Å². The first kappa shape index (κ1) is 18.7. The first-order valence-electron chi connectivity index (χ1n) is 8.21. The normalized spacial score (nSPS) is 16.8. The summed E-state index contributed by atoms with van der Waals surface area (Å²) >= 11 is 0. The fraction of sp³-hybridized carbons (Fsp3) is 0.353. The molecule has 0 saturated heterocycles. The zero-order chi connectivity index (χ0) is 19.6. The number of imidazole rings is 1. The van der Waals surface area contributed by atoms with Gasteiger partial charge in [0.05, 0.1) is 6.54 Å². The Bertz CT molecular complexity index is 849. The van der Waals surface area contributed by atoms with Crippen LogP contribution < -0.4 is 15.5 Å². The fourth-order valence-electron chi connectivity index (χ4n) is 3.00. The van der Waals surface area contributed by atoms with Crippen molar-refractivity contribution < 1.29 is 22.8 Å². The highest BCUT2D eigenvalue weighted by Gasteiger charge is 2.32. The van der Waals surface area contributed by atoms with E-state index in [1.807, 2.05) is 24.3 Å². The Morgan fingerprint density at radius 1 is 1.33 bits per heavy atom. The van der Waals surface area contributed by atoms with Gasteiger partial charge in [-0.1, -0.05) is 18.2 Å². The zero-order valence-electron chi connectivity index (χ0n) is 14.5. The van der Waals surface area contributed by atoms with Crippen molar-refractivity contribution >= 4 is 17.6 Å². The maximum atomic E-state index is 12.5. The van der Waals surface area contributed by atoms with Crippen LogP contribution >= 0.6 is 0 Å². The van der Waals surface area contributed by atoms with Crippen molar-refractivity contribution in [2.75, 3.05) is 11.9 Å². The molecule has 2 N–H and O–H groups in total. The van der Waals surface area contributed by atoms with Crippen LogP contribution in [-0.4, -0.2) is 40.8 Å². The number of anilines is 1. The molecule has 1 unspecified atom stereocenters. The Balaban J connectivity index is 1.59. The average molecular weight is 381 g/mol. The molecule has 7 nitrogen and oxygen atoms in total. The van der Waals surface area contributed by atoms with Gasteiger partial charge in [0, 0.05) is 31.5 Å². The minimum absolute atomic E-state index is 0.0694. The molecule has 0 bridgehead atoms. The number of likely N-dealkylation sites (N-methyl/N-ethyl adjacent to an activating group) is 1. The SMILES string of the molecule is CN1C(=O)C(NC(=O)NCc2nccn2CC(F)(F)F)Cc2ccccc21. The molecule has 0 fully saturated rings. The molecule has 1 aromatic heterocycles. The van der Waals surface area contributed by atoms with Crippen molar-refractivity contribution in [2.24, 2.45) is 0 Å². The van der Waals surface area contributed by atoms with E-state index in [2.05, 4.69) is 15.6 Å². The van der Waals surface area contributed by atoms with Crippen molar-refractivity contribution in [3.63, 3.8) is 0 Å². The lowest BCUT2D eigenvalue weighted by atomic mass is 9.98. The van der Waals surface area contributed by atoms with E-state index in [1.165, 1.54) is 17.3 Å². The molecule has 1 aliphatic heterocycles. The zero-order valence-corrected chi connectivity index (χ0v) is 14.5. The van der Waals surface area contributed by atoms with Crippen LogP contribution in [0.15, 0.2) is 36.7 Å². The number of hydrogen-bond donors (Lipinski definition) is 2. The van der Waals surface area contributed by atoms with Gasteiger partial charge in [-0.05, 0) is 11.6 Å². The molecule has 27 heavy (non-hydrogen) atoms. The summed E-state index contributed by atoms with van der Waals surface area (Å²) in [5.41, 5.74) is 1.71. The number of hydrogen-bond acceptors (Lipinski definition) is 3. The number of benzene rings is 1. The first-order chi connectivity index (χ1) is 12.7. The van der Waals surface area contributed by atoms with Crippen molar-refractivity contribution in [2.45, 2.75) is 31.7 Å². The van der Waals surface area contributed by atoms with Crippen LogP contribution in [0.25, 0.3) is 0 Å². The number of nitrogens with one attached hydrogen (secondary N) is 2. The minimum atomic E-state index is -4.38. The second-order valence-corrected chi connectivity index (χ2v) is 6.20. The van der Waals surface area contributed by atoms with Gasteiger partial charge in [-0.15, -0.1) is 0 Å². The Morgan fingerprint density at radius 2 is 2.07 bits per heavy atom. The lowest BCUT2D eigenvalue weighted by Crippen LogP contribution is -2.53. The van der Waals surface area contributed by atoms with Gasteiger partial charge in [0.15, 0.2) is 0 Å². The molecular weight excluding hydrogens is 363 g/mol. The number of halogens is 3. The molecule has 0 radical (unpaired) electrons. The summed E-state index contributed by atoms with van der Waals surface area (Å²) in [6.45, 7) is -1.38. The first-order valence-corrected chi connectivity index (χ1v) is 8.21. The van der Waals surface area contributed by atoms with Crippen LogP contribution in [0, 0.1) is 0 Å². The number of para-hydroxylation sites is 1. The quantitative estimate of drug-likeness (QED) is 0.848. The number of rotatable bonds is 4. The summed E-state index contributed by atoms with van der Waals surface area (Å²) in [6, 6.07) is 5.97. The number of carbonyl (C=O) groups excluding carboxylic acids is 2. The van der Waals surface area contributed by atoms with Gasteiger partial charge >= 0.3 is 12.2 Å². The number of amides is 3. The van der Waals surface area contributed by atoms with Crippen LogP contribution in [0.5, 0.6) is 0 Å². The molecule has 1 aliphatic rings. The van der Waals surface area contributed by atoms with Gasteiger partial charge in [-0.25, -0.2) is 9.78 Å². The molecule has 2 aromatic rings. The highest BCUT2D eigenvalue weighted by atomic mass is 19.4. The lowest BCUT2D eigenvalue weighted by molar-refractivity contribution is -0.141. The van der Waals surface area contributed by atoms with E-state index in [0.29, 0.717) is 6.42 Å². The van der Waals surface area contributed by atoms with Crippen molar-refractivity contribution in [3.8, 4) is 0 Å². The van der Waals surface area contributed by atoms with Crippen LogP contribution in [0.4, 0.5) is 23.7 Å². The molecular formula is C17H18F3N5O2. The number of fused-ring (bicyclic) bond motifs is 1. The smallest absolute Gasteiger partial charge is 0.331 e. The molecule has 0 aliphatic carbocycles. The maximum absolute atomic E-state index is 12.5. The highest BCUT2D eigenvalue weighted by molar-refractivity contribution is 6.01. The van der Waals surface area contributed by atoms with Gasteiger partial charge in [0.1, 0.15) is 18.4 Å². The molecule has 1 aromatic carbocycles. The molecule has 3 amide bonds. The molecule has 3 rings (SSSR count). The third-order valence-corrected chi connectivity index (χ3v) is 4.27. The van der Waals surface area contributed by atoms with E-state index in [4.69, 9.17) is 0 Å². The maximum Gasteiger partial charge on any atom is 0.406 e. The van der Waals surface area contributed by atoms with Crippen molar-refractivity contribution in [3.05, 3.63) is 48.0 Å². The van der Waals surface area contributed by atoms with E-state index in [1.54, 1.807) is 7.05 Å². The summed E-state index contributed by atoms with van der Waals surface area (Å²) in [5.74, 6) is -0.192. The topological polar surface area (TPSA) is 79.3 Å². The Kier molecular flexibility index (Phi) is 5.06. The van der Waals surface area contributed by atoms with Gasteiger partial charge in [-0.3, -0.25) is 4.79 Å². The van der Waals surface area contributed by atoms with E-state index in [9.17, 15) is 22.8 Å². The Morgan fingerprint density at radius 3 is 2.81 bits per heavy atom. The minimum Gasteiger partial charge on any atom is -0.331 e. The molecule has 0 saturated carbocycles. The highest BCUT2D eigenvalue weighted by Crippen LogP contribution is 2.26. The van der Waals surface area contributed by atoms with E-state index < -0.39 is 24.8 Å². The van der Waals surface area contributed by atoms with E-state index in [-0.39, 0.29) is 18.3 Å². The number of nitrogens with zero attached hydrogens (tertiary/aromatic N) is 3. The Hall–Kier alpha value is -3.04. The van der Waals surface area contributed by atoms with Gasteiger partial charge < -0.3 is 20.1 Å². The van der Waals surface area contributed by atoms with Crippen LogP contribution in [0.2, 0.25) is 0 Å². The standard InChI is InChI=1S/C17H18F3N5O2/c1-24-13-5-3-2-4-11(13)8-12(15(24)26)23-16(27)22-9-14-21-6-7-25(14)10-17(18,19)20/h2-7,12H,8-10H2,1H3,(H2,22,23,27). The Labute approximate surface area is 153 Å². The second kappa shape index (κ2) is 7.29. The lowest BCUT2D eigenvalue weighted by Gasteiger charge is -2.31. The number of aromatic nitrogens is 2. The molecule has 144 valence electrons. The van der Waals surface area contributed by atoms with Gasteiger partial charge in [-0.2, -0.15) is 13.2 Å². The molecule has 0 spiro atoms. The summed E-state index contributed by atoms with van der Waals surface area (Å²) in [6.07, 6.45) is -1.62. The number of urea groups is 1. The van der Waals surface area contributed by atoms with Crippen molar-refractivity contribution in [1.82, 2.24) is 20.2 Å². The summed E-state index contributed by atoms with van der Waals surface area (Å²) < 4.78 is 38.5. The predicted octanol–water partition coefficient (Wildman–Crippen LogP) is 1.83. The third kappa shape index (κ3) is 4.39. The molecule has 1 atom stereocenters. The van der Waals surface area contributed by atoms with Crippen molar-refractivity contribution in [1.29, 1.82) is 0 Å². The van der Waals surface area contributed by atoms with Gasteiger partial charge in [0.25, 0.3) is 0 Å². The van der Waals surface area contributed by atoms with Crippen LogP contribution in [0.1, 0.15) is 11.4 Å². The number of alkyl halides is 3. The summed E-state index contributed by atoms with van der Waals surface area (Å²) in [5, 5.41) is 5.02. The molecule has 2 heterocycles.